The number of aromatic nitrogens is 2. The van der Waals surface area contributed by atoms with Crippen molar-refractivity contribution in [2.45, 2.75) is 38.6 Å². The van der Waals surface area contributed by atoms with Crippen molar-refractivity contribution in [2.75, 3.05) is 25.1 Å². The van der Waals surface area contributed by atoms with Gasteiger partial charge in [0.05, 0.1) is 11.8 Å². The van der Waals surface area contributed by atoms with Crippen molar-refractivity contribution in [3.8, 4) is 0 Å². The Morgan fingerprint density at radius 3 is 3.05 bits per heavy atom. The van der Waals surface area contributed by atoms with Crippen molar-refractivity contribution in [3.63, 3.8) is 0 Å². The van der Waals surface area contributed by atoms with E-state index in [0.29, 0.717) is 17.7 Å². The molecule has 0 aromatic carbocycles. The summed E-state index contributed by atoms with van der Waals surface area (Å²) in [7, 11) is 0. The van der Waals surface area contributed by atoms with E-state index in [2.05, 4.69) is 29.6 Å². The van der Waals surface area contributed by atoms with Crippen LogP contribution >= 0.6 is 11.8 Å². The van der Waals surface area contributed by atoms with Gasteiger partial charge in [-0.2, -0.15) is 11.8 Å². The molecule has 1 atom stereocenters. The minimum absolute atomic E-state index is 0.267. The van der Waals surface area contributed by atoms with E-state index in [1.807, 2.05) is 17.4 Å². The summed E-state index contributed by atoms with van der Waals surface area (Å²) in [5, 5.41) is 0. The molecule has 1 aliphatic rings. The van der Waals surface area contributed by atoms with E-state index in [4.69, 9.17) is 0 Å². The molecule has 0 radical (unpaired) electrons. The quantitative estimate of drug-likeness (QED) is 0.851. The molecule has 2 rings (SSSR count). The molecule has 0 aliphatic carbocycles. The molecule has 4 nitrogen and oxygen atoms in total. The number of carbonyl (C=O) groups excluding carboxylic acids is 1. The van der Waals surface area contributed by atoms with Crippen molar-refractivity contribution in [1.82, 2.24) is 14.5 Å². The van der Waals surface area contributed by atoms with Crippen LogP contribution in [0.25, 0.3) is 0 Å². The van der Waals surface area contributed by atoms with Gasteiger partial charge in [0, 0.05) is 31.4 Å². The number of hydrogen-bond acceptors (Lipinski definition) is 3. The Morgan fingerprint density at radius 2 is 2.37 bits per heavy atom. The summed E-state index contributed by atoms with van der Waals surface area (Å²) in [5.74, 6) is 2.41. The number of nitrogens with zero attached hydrogens (tertiary/aromatic N) is 3. The Labute approximate surface area is 119 Å². The van der Waals surface area contributed by atoms with E-state index >= 15 is 0 Å². The Morgan fingerprint density at radius 1 is 1.58 bits per heavy atom. The lowest BCUT2D eigenvalue weighted by Crippen LogP contribution is -2.41. The number of piperidine rings is 1. The van der Waals surface area contributed by atoms with E-state index < -0.39 is 0 Å². The average molecular weight is 281 g/mol. The summed E-state index contributed by atoms with van der Waals surface area (Å²) in [5.41, 5.74) is 0. The molecule has 1 aromatic heterocycles. The zero-order valence-electron chi connectivity index (χ0n) is 12.0. The fraction of sp³-hybridized carbons (Fsp3) is 0.714. The molecule has 2 heterocycles. The smallest absolute Gasteiger partial charge is 0.232 e. The molecule has 5 heteroatoms. The summed E-state index contributed by atoms with van der Waals surface area (Å²) < 4.78 is 2.27. The zero-order valence-corrected chi connectivity index (χ0v) is 12.8. The minimum Gasteiger partial charge on any atom is -0.340 e. The van der Waals surface area contributed by atoms with Gasteiger partial charge in [0.1, 0.15) is 5.82 Å². The predicted molar refractivity (Wildman–Crippen MR) is 79.5 cm³/mol. The third kappa shape index (κ3) is 3.32. The van der Waals surface area contributed by atoms with Crippen LogP contribution < -0.4 is 0 Å². The van der Waals surface area contributed by atoms with Crippen LogP contribution in [0.15, 0.2) is 12.4 Å². The SMILES string of the molecule is CSCC(=O)N1CCC[C@@H](n2ccnc2C(C)C)C1. The van der Waals surface area contributed by atoms with Gasteiger partial charge in [0.25, 0.3) is 0 Å². The van der Waals surface area contributed by atoms with E-state index in [1.54, 1.807) is 11.8 Å². The molecule has 106 valence electrons. The molecule has 0 saturated carbocycles. The summed E-state index contributed by atoms with van der Waals surface area (Å²) in [6.45, 7) is 6.06. The Kier molecular flexibility index (Phi) is 4.91. The molecule has 0 spiro atoms. The van der Waals surface area contributed by atoms with Crippen LogP contribution in [0.5, 0.6) is 0 Å². The van der Waals surface area contributed by atoms with Crippen molar-refractivity contribution in [2.24, 2.45) is 0 Å². The van der Waals surface area contributed by atoms with Crippen molar-refractivity contribution in [3.05, 3.63) is 18.2 Å². The summed E-state index contributed by atoms with van der Waals surface area (Å²) in [6.07, 6.45) is 8.13. The molecule has 1 amide bonds. The van der Waals surface area contributed by atoms with Crippen LogP contribution in [0.1, 0.15) is 44.5 Å². The van der Waals surface area contributed by atoms with Crippen molar-refractivity contribution >= 4 is 17.7 Å². The minimum atomic E-state index is 0.267. The number of rotatable bonds is 4. The van der Waals surface area contributed by atoms with E-state index in [-0.39, 0.29) is 5.91 Å². The second-order valence-electron chi connectivity index (χ2n) is 5.42. The largest absolute Gasteiger partial charge is 0.340 e. The lowest BCUT2D eigenvalue weighted by molar-refractivity contribution is -0.129. The Balaban J connectivity index is 2.08. The molecule has 1 aliphatic heterocycles. The number of hydrogen-bond donors (Lipinski definition) is 0. The number of amides is 1. The number of imidazole rings is 1. The molecule has 0 N–H and O–H groups in total. The predicted octanol–water partition coefficient (Wildman–Crippen LogP) is 2.53. The third-order valence-corrected chi connectivity index (χ3v) is 4.16. The van der Waals surface area contributed by atoms with E-state index in [9.17, 15) is 4.79 Å². The van der Waals surface area contributed by atoms with Crippen LogP contribution in [0.2, 0.25) is 0 Å². The van der Waals surface area contributed by atoms with Gasteiger partial charge in [0.15, 0.2) is 0 Å². The monoisotopic (exact) mass is 281 g/mol. The highest BCUT2D eigenvalue weighted by Crippen LogP contribution is 2.25. The highest BCUT2D eigenvalue weighted by molar-refractivity contribution is 7.99. The first kappa shape index (κ1) is 14.4. The number of likely N-dealkylation sites (tertiary alicyclic amines) is 1. The molecule has 0 bridgehead atoms. The Bertz CT molecular complexity index is 430. The van der Waals surface area contributed by atoms with E-state index in [0.717, 1.165) is 31.8 Å². The van der Waals surface area contributed by atoms with Gasteiger partial charge < -0.3 is 9.47 Å². The van der Waals surface area contributed by atoms with Crippen molar-refractivity contribution in [1.29, 1.82) is 0 Å². The third-order valence-electron chi connectivity index (χ3n) is 3.63. The topological polar surface area (TPSA) is 38.1 Å². The number of thioether (sulfide) groups is 1. The molecule has 1 saturated heterocycles. The fourth-order valence-corrected chi connectivity index (χ4v) is 3.13. The highest BCUT2D eigenvalue weighted by atomic mass is 32.2. The standard InChI is InChI=1S/C14H23N3OS/c1-11(2)14-15-6-8-17(14)12-5-4-7-16(9-12)13(18)10-19-3/h6,8,11-12H,4-5,7,9-10H2,1-3H3/t12-/m1/s1. The first-order valence-electron chi connectivity index (χ1n) is 6.93. The molecule has 19 heavy (non-hydrogen) atoms. The summed E-state index contributed by atoms with van der Waals surface area (Å²) in [6, 6.07) is 0.388. The maximum absolute atomic E-state index is 12.0. The van der Waals surface area contributed by atoms with E-state index in [1.165, 1.54) is 0 Å². The summed E-state index contributed by atoms with van der Waals surface area (Å²) in [4.78, 5) is 18.5. The fourth-order valence-electron chi connectivity index (χ4n) is 2.70. The molecular weight excluding hydrogens is 258 g/mol. The average Bonchev–Trinajstić information content (AvgIpc) is 2.88. The molecule has 0 unspecified atom stereocenters. The second kappa shape index (κ2) is 6.46. The van der Waals surface area contributed by atoms with Gasteiger partial charge >= 0.3 is 0 Å². The van der Waals surface area contributed by atoms with Gasteiger partial charge in [-0.05, 0) is 19.1 Å². The van der Waals surface area contributed by atoms with Crippen molar-refractivity contribution < 1.29 is 4.79 Å². The maximum atomic E-state index is 12.0. The molecule has 1 aromatic rings. The van der Waals surface area contributed by atoms with Gasteiger partial charge in [-0.15, -0.1) is 0 Å². The second-order valence-corrected chi connectivity index (χ2v) is 6.28. The van der Waals surface area contributed by atoms with Gasteiger partial charge in [-0.25, -0.2) is 4.98 Å². The zero-order chi connectivity index (χ0) is 13.8. The van der Waals surface area contributed by atoms with Gasteiger partial charge in [-0.1, -0.05) is 13.8 Å². The lowest BCUT2D eigenvalue weighted by Gasteiger charge is -2.34. The lowest BCUT2D eigenvalue weighted by atomic mass is 10.0. The van der Waals surface area contributed by atoms with Crippen LogP contribution in [0, 0.1) is 0 Å². The highest BCUT2D eigenvalue weighted by Gasteiger charge is 2.25. The number of carbonyl (C=O) groups is 1. The first-order chi connectivity index (χ1) is 9.13. The maximum Gasteiger partial charge on any atom is 0.232 e. The normalized spacial score (nSPS) is 20.0. The Hall–Kier alpha value is -0.970. The van der Waals surface area contributed by atoms with Gasteiger partial charge in [0.2, 0.25) is 5.91 Å². The summed E-state index contributed by atoms with van der Waals surface area (Å²) >= 11 is 1.60. The molecular formula is C14H23N3OS. The van der Waals surface area contributed by atoms with Crippen LogP contribution in [-0.2, 0) is 4.79 Å². The molecule has 1 fully saturated rings. The van der Waals surface area contributed by atoms with Crippen LogP contribution in [-0.4, -0.2) is 45.5 Å². The van der Waals surface area contributed by atoms with Gasteiger partial charge in [-0.3, -0.25) is 4.79 Å². The first-order valence-corrected chi connectivity index (χ1v) is 8.32. The van der Waals surface area contributed by atoms with Crippen LogP contribution in [0.3, 0.4) is 0 Å². The van der Waals surface area contributed by atoms with Crippen LogP contribution in [0.4, 0.5) is 0 Å².